The third-order valence-corrected chi connectivity index (χ3v) is 5.15. The van der Waals surface area contributed by atoms with Gasteiger partial charge >= 0.3 is 5.63 Å². The molecule has 22 heavy (non-hydrogen) atoms. The molecule has 0 saturated carbocycles. The molecule has 0 radical (unpaired) electrons. The molecule has 0 bridgehead atoms. The van der Waals surface area contributed by atoms with Crippen LogP contribution in [0.15, 0.2) is 63.8 Å². The highest BCUT2D eigenvalue weighted by molar-refractivity contribution is 7.18. The minimum atomic E-state index is -0.353. The van der Waals surface area contributed by atoms with E-state index in [9.17, 15) is 4.79 Å². The average Bonchev–Trinajstić information content (AvgIpc) is 2.97. The van der Waals surface area contributed by atoms with Crippen molar-refractivity contribution in [2.45, 2.75) is 5.38 Å². The topological polar surface area (TPSA) is 43.1 Å². The van der Waals surface area contributed by atoms with E-state index in [0.29, 0.717) is 5.58 Å². The summed E-state index contributed by atoms with van der Waals surface area (Å²) < 4.78 is 6.26. The average molecular weight is 328 g/mol. The number of fused-ring (bicyclic) bond motifs is 2. The summed E-state index contributed by atoms with van der Waals surface area (Å²) in [7, 11) is 0. The highest BCUT2D eigenvalue weighted by Gasteiger charge is 2.16. The predicted molar refractivity (Wildman–Crippen MR) is 89.8 cm³/mol. The Morgan fingerprint density at radius 2 is 1.95 bits per heavy atom. The monoisotopic (exact) mass is 327 g/mol. The molecule has 2 aromatic heterocycles. The fraction of sp³-hybridized carbons (Fsp3) is 0.0588. The van der Waals surface area contributed by atoms with Gasteiger partial charge in [-0.15, -0.1) is 22.9 Å². The number of hydrogen-bond acceptors (Lipinski definition) is 4. The summed E-state index contributed by atoms with van der Waals surface area (Å²) in [6, 6.07) is 16.7. The van der Waals surface area contributed by atoms with Crippen molar-refractivity contribution in [2.75, 3.05) is 0 Å². The summed E-state index contributed by atoms with van der Waals surface area (Å²) in [4.78, 5) is 15.8. The van der Waals surface area contributed by atoms with Crippen LogP contribution in [0.2, 0.25) is 0 Å². The lowest BCUT2D eigenvalue weighted by Crippen LogP contribution is -1.96. The van der Waals surface area contributed by atoms with Crippen molar-refractivity contribution in [1.82, 2.24) is 4.98 Å². The summed E-state index contributed by atoms with van der Waals surface area (Å²) in [5, 5.41) is 1.39. The van der Waals surface area contributed by atoms with E-state index in [1.807, 2.05) is 36.4 Å². The summed E-state index contributed by atoms with van der Waals surface area (Å²) >= 11 is 8.18. The number of alkyl halides is 1. The molecule has 0 amide bonds. The Morgan fingerprint density at radius 3 is 2.82 bits per heavy atom. The molecule has 0 saturated heterocycles. The Kier molecular flexibility index (Phi) is 3.21. The first kappa shape index (κ1) is 13.5. The number of halogens is 1. The number of hydrogen-bond donors (Lipinski definition) is 0. The Morgan fingerprint density at radius 1 is 1.09 bits per heavy atom. The first-order valence-corrected chi connectivity index (χ1v) is 7.99. The maximum absolute atomic E-state index is 11.2. The van der Waals surface area contributed by atoms with Crippen LogP contribution < -0.4 is 5.63 Å². The third-order valence-electron chi connectivity index (χ3n) is 3.46. The Bertz CT molecular complexity index is 1000. The Labute approximate surface area is 134 Å². The predicted octanol–water partition coefficient (Wildman–Crippen LogP) is 4.73. The molecule has 2 aromatic carbocycles. The second-order valence-corrected chi connectivity index (χ2v) is 6.43. The summed E-state index contributed by atoms with van der Waals surface area (Å²) in [5.41, 5.74) is 2.10. The van der Waals surface area contributed by atoms with E-state index in [-0.39, 0.29) is 11.0 Å². The van der Waals surface area contributed by atoms with Gasteiger partial charge in [0.15, 0.2) is 0 Å². The van der Waals surface area contributed by atoms with Gasteiger partial charge in [0.05, 0.1) is 10.2 Å². The van der Waals surface area contributed by atoms with E-state index < -0.39 is 0 Å². The molecule has 3 nitrogen and oxygen atoms in total. The van der Waals surface area contributed by atoms with Crippen LogP contribution in [0.1, 0.15) is 15.9 Å². The molecule has 0 N–H and O–H groups in total. The second-order valence-electron chi connectivity index (χ2n) is 4.93. The van der Waals surface area contributed by atoms with Crippen LogP contribution in [0.3, 0.4) is 0 Å². The van der Waals surface area contributed by atoms with Gasteiger partial charge in [-0.1, -0.05) is 18.2 Å². The van der Waals surface area contributed by atoms with Gasteiger partial charge in [-0.2, -0.15) is 0 Å². The van der Waals surface area contributed by atoms with Gasteiger partial charge < -0.3 is 4.42 Å². The SMILES string of the molecule is O=c1ccc2cc(C(Cl)c3nc4ccccc4s3)ccc2o1. The van der Waals surface area contributed by atoms with Crippen molar-refractivity contribution >= 4 is 44.1 Å². The van der Waals surface area contributed by atoms with Crippen molar-refractivity contribution in [3.05, 3.63) is 75.6 Å². The fourth-order valence-corrected chi connectivity index (χ4v) is 3.68. The van der Waals surface area contributed by atoms with Crippen LogP contribution in [0.5, 0.6) is 0 Å². The number of thiazole rings is 1. The molecule has 0 fully saturated rings. The quantitative estimate of drug-likeness (QED) is 0.395. The molecule has 0 aliphatic heterocycles. The van der Waals surface area contributed by atoms with Crippen LogP contribution in [-0.4, -0.2) is 4.98 Å². The largest absolute Gasteiger partial charge is 0.423 e. The molecule has 2 heterocycles. The van der Waals surface area contributed by atoms with E-state index in [2.05, 4.69) is 4.98 Å². The van der Waals surface area contributed by atoms with Crippen molar-refractivity contribution in [3.8, 4) is 0 Å². The lowest BCUT2D eigenvalue weighted by Gasteiger charge is -2.07. The number of para-hydroxylation sites is 1. The van der Waals surface area contributed by atoms with Crippen molar-refractivity contribution in [2.24, 2.45) is 0 Å². The molecule has 0 aliphatic rings. The van der Waals surface area contributed by atoms with Crippen LogP contribution >= 0.6 is 22.9 Å². The van der Waals surface area contributed by atoms with Gasteiger partial charge in [-0.3, -0.25) is 0 Å². The number of aromatic nitrogens is 1. The Hall–Kier alpha value is -2.17. The highest BCUT2D eigenvalue weighted by atomic mass is 35.5. The van der Waals surface area contributed by atoms with E-state index in [0.717, 1.165) is 26.2 Å². The zero-order valence-corrected chi connectivity index (χ0v) is 12.9. The molecule has 4 rings (SSSR count). The van der Waals surface area contributed by atoms with E-state index in [1.54, 1.807) is 23.5 Å². The molecule has 0 spiro atoms. The van der Waals surface area contributed by atoms with Crippen LogP contribution in [-0.2, 0) is 0 Å². The zero-order chi connectivity index (χ0) is 15.1. The minimum Gasteiger partial charge on any atom is -0.423 e. The number of benzene rings is 2. The van der Waals surface area contributed by atoms with Gasteiger partial charge in [0.2, 0.25) is 0 Å². The van der Waals surface area contributed by atoms with Gasteiger partial charge in [-0.05, 0) is 35.9 Å². The van der Waals surface area contributed by atoms with Crippen LogP contribution in [0, 0.1) is 0 Å². The molecular weight excluding hydrogens is 318 g/mol. The summed E-state index contributed by atoms with van der Waals surface area (Å²) in [6.45, 7) is 0. The van der Waals surface area contributed by atoms with Crippen LogP contribution in [0.4, 0.5) is 0 Å². The minimum absolute atomic E-state index is 0.325. The third kappa shape index (κ3) is 2.30. The fourth-order valence-electron chi connectivity index (χ4n) is 2.39. The highest BCUT2D eigenvalue weighted by Crippen LogP contribution is 2.35. The second kappa shape index (κ2) is 5.23. The van der Waals surface area contributed by atoms with Gasteiger partial charge in [0, 0.05) is 11.5 Å². The maximum atomic E-state index is 11.2. The zero-order valence-electron chi connectivity index (χ0n) is 11.3. The number of rotatable bonds is 2. The first-order chi connectivity index (χ1) is 10.7. The van der Waals surface area contributed by atoms with Crippen molar-refractivity contribution < 1.29 is 4.42 Å². The number of nitrogens with zero attached hydrogens (tertiary/aromatic N) is 1. The smallest absolute Gasteiger partial charge is 0.336 e. The first-order valence-electron chi connectivity index (χ1n) is 6.74. The summed E-state index contributed by atoms with van der Waals surface area (Å²) in [5.74, 6) is 0. The van der Waals surface area contributed by atoms with Gasteiger partial charge in [0.1, 0.15) is 16.0 Å². The molecule has 5 heteroatoms. The van der Waals surface area contributed by atoms with E-state index in [1.165, 1.54) is 6.07 Å². The molecular formula is C17H10ClNO2S. The van der Waals surface area contributed by atoms with Crippen molar-refractivity contribution in [1.29, 1.82) is 0 Å². The van der Waals surface area contributed by atoms with Gasteiger partial charge in [-0.25, -0.2) is 9.78 Å². The molecule has 1 unspecified atom stereocenters. The molecule has 108 valence electrons. The molecule has 4 aromatic rings. The lowest BCUT2D eigenvalue weighted by atomic mass is 10.1. The van der Waals surface area contributed by atoms with Crippen LogP contribution in [0.25, 0.3) is 21.2 Å². The normalized spacial score (nSPS) is 12.8. The van der Waals surface area contributed by atoms with E-state index >= 15 is 0 Å². The standard InChI is InChI=1S/C17H10ClNO2S/c18-16(17-19-12-3-1-2-4-14(12)22-17)11-5-7-13-10(9-11)6-8-15(20)21-13/h1-9,16H. The maximum Gasteiger partial charge on any atom is 0.336 e. The molecule has 0 aliphatic carbocycles. The lowest BCUT2D eigenvalue weighted by molar-refractivity contribution is 0.561. The van der Waals surface area contributed by atoms with E-state index in [4.69, 9.17) is 16.0 Å². The van der Waals surface area contributed by atoms with Gasteiger partial charge in [0.25, 0.3) is 0 Å². The molecule has 1 atom stereocenters. The van der Waals surface area contributed by atoms with Crippen molar-refractivity contribution in [3.63, 3.8) is 0 Å². The summed E-state index contributed by atoms with van der Waals surface area (Å²) in [6.07, 6.45) is 0. The Balaban J connectivity index is 1.79.